The molecule has 1 aliphatic rings. The predicted molar refractivity (Wildman–Crippen MR) is 66.5 cm³/mol. The van der Waals surface area contributed by atoms with Gasteiger partial charge < -0.3 is 0 Å². The minimum atomic E-state index is -3.35. The van der Waals surface area contributed by atoms with Crippen LogP contribution in [0.25, 0.3) is 0 Å². The summed E-state index contributed by atoms with van der Waals surface area (Å²) in [5.74, 6) is 0.441. The van der Waals surface area contributed by atoms with Gasteiger partial charge in [0.05, 0.1) is 5.75 Å². The van der Waals surface area contributed by atoms with E-state index >= 15 is 0 Å². The summed E-state index contributed by atoms with van der Waals surface area (Å²) in [6.45, 7) is 2.08. The second kappa shape index (κ2) is 4.38. The van der Waals surface area contributed by atoms with Gasteiger partial charge in [-0.2, -0.15) is 0 Å². The quantitative estimate of drug-likeness (QED) is 0.781. The fourth-order valence-corrected chi connectivity index (χ4v) is 3.25. The van der Waals surface area contributed by atoms with Crippen LogP contribution in [0, 0.1) is 6.92 Å². The van der Waals surface area contributed by atoms with Gasteiger partial charge in [0.1, 0.15) is 0 Å². The molecule has 1 aromatic rings. The van der Waals surface area contributed by atoms with Crippen LogP contribution in [0.1, 0.15) is 35.4 Å². The van der Waals surface area contributed by atoms with Crippen LogP contribution in [0.4, 0.5) is 0 Å². The average Bonchev–Trinajstić information content (AvgIpc) is 2.56. The highest BCUT2D eigenvalue weighted by Crippen LogP contribution is 2.36. The van der Waals surface area contributed by atoms with Crippen molar-refractivity contribution in [2.75, 3.05) is 5.75 Å². The zero-order chi connectivity index (χ0) is 11.8. The van der Waals surface area contributed by atoms with Gasteiger partial charge in [0.15, 0.2) is 0 Å². The number of halogens is 1. The van der Waals surface area contributed by atoms with Gasteiger partial charge in [0.25, 0.3) is 0 Å². The van der Waals surface area contributed by atoms with Crippen molar-refractivity contribution in [3.05, 3.63) is 34.9 Å². The third-order valence-electron chi connectivity index (χ3n) is 3.21. The highest BCUT2D eigenvalue weighted by atomic mass is 35.7. The molecule has 0 radical (unpaired) electrons. The third-order valence-corrected chi connectivity index (χ3v) is 4.40. The monoisotopic (exact) mass is 258 g/mol. The lowest BCUT2D eigenvalue weighted by Crippen LogP contribution is -2.03. The van der Waals surface area contributed by atoms with Gasteiger partial charge in [0, 0.05) is 10.7 Å². The molecule has 1 unspecified atom stereocenters. The number of fused-ring (bicyclic) bond motifs is 1. The van der Waals surface area contributed by atoms with Gasteiger partial charge >= 0.3 is 0 Å². The molecular formula is C12H15ClO2S. The van der Waals surface area contributed by atoms with E-state index in [4.69, 9.17) is 10.7 Å². The van der Waals surface area contributed by atoms with Crippen LogP contribution >= 0.6 is 10.7 Å². The maximum absolute atomic E-state index is 10.9. The molecule has 2 rings (SSSR count). The molecule has 1 atom stereocenters. The molecular weight excluding hydrogens is 244 g/mol. The molecule has 0 saturated heterocycles. The van der Waals surface area contributed by atoms with Crippen LogP contribution in [-0.2, 0) is 15.5 Å². The van der Waals surface area contributed by atoms with Crippen molar-refractivity contribution in [1.29, 1.82) is 0 Å². The molecule has 1 aromatic carbocycles. The maximum Gasteiger partial charge on any atom is 0.232 e. The molecule has 0 aromatic heterocycles. The van der Waals surface area contributed by atoms with Crippen LogP contribution in [-0.4, -0.2) is 14.2 Å². The van der Waals surface area contributed by atoms with E-state index in [9.17, 15) is 8.42 Å². The molecule has 2 nitrogen and oxygen atoms in total. The third kappa shape index (κ3) is 2.77. The van der Waals surface area contributed by atoms with E-state index in [0.29, 0.717) is 12.3 Å². The molecule has 0 bridgehead atoms. The molecule has 1 aliphatic carbocycles. The Balaban J connectivity index is 2.12. The topological polar surface area (TPSA) is 34.1 Å². The summed E-state index contributed by atoms with van der Waals surface area (Å²) in [5.41, 5.74) is 3.95. The molecule has 0 amide bonds. The Labute approximate surface area is 101 Å². The highest BCUT2D eigenvalue weighted by molar-refractivity contribution is 8.13. The maximum atomic E-state index is 10.9. The number of hydrogen-bond donors (Lipinski definition) is 0. The Bertz CT molecular complexity index is 494. The molecule has 88 valence electrons. The Morgan fingerprint density at radius 3 is 2.88 bits per heavy atom. The van der Waals surface area contributed by atoms with Crippen molar-refractivity contribution in [1.82, 2.24) is 0 Å². The van der Waals surface area contributed by atoms with E-state index in [0.717, 1.165) is 12.8 Å². The van der Waals surface area contributed by atoms with Crippen molar-refractivity contribution in [2.24, 2.45) is 0 Å². The van der Waals surface area contributed by atoms with E-state index in [1.807, 2.05) is 0 Å². The Morgan fingerprint density at radius 1 is 1.44 bits per heavy atom. The van der Waals surface area contributed by atoms with Gasteiger partial charge in [-0.1, -0.05) is 23.8 Å². The first-order valence-electron chi connectivity index (χ1n) is 5.47. The first-order chi connectivity index (χ1) is 7.46. The fraction of sp³-hybridized carbons (Fsp3) is 0.500. The van der Waals surface area contributed by atoms with Crippen molar-refractivity contribution in [3.8, 4) is 0 Å². The van der Waals surface area contributed by atoms with E-state index in [1.165, 1.54) is 16.7 Å². The molecule has 0 heterocycles. The Morgan fingerprint density at radius 2 is 2.19 bits per heavy atom. The number of aryl methyl sites for hydroxylation is 2. The van der Waals surface area contributed by atoms with E-state index in [-0.39, 0.29) is 5.75 Å². The van der Waals surface area contributed by atoms with E-state index < -0.39 is 9.05 Å². The number of benzene rings is 1. The largest absolute Gasteiger partial charge is 0.232 e. The van der Waals surface area contributed by atoms with Gasteiger partial charge in [-0.05, 0) is 43.2 Å². The van der Waals surface area contributed by atoms with Crippen LogP contribution in [0.5, 0.6) is 0 Å². The minimum absolute atomic E-state index is 0.0759. The fourth-order valence-electron chi connectivity index (χ4n) is 2.42. The normalized spacial score (nSPS) is 19.8. The van der Waals surface area contributed by atoms with E-state index in [1.54, 1.807) is 0 Å². The van der Waals surface area contributed by atoms with Crippen molar-refractivity contribution in [3.63, 3.8) is 0 Å². The van der Waals surface area contributed by atoms with Gasteiger partial charge in [-0.25, -0.2) is 8.42 Å². The zero-order valence-electron chi connectivity index (χ0n) is 9.24. The van der Waals surface area contributed by atoms with E-state index in [2.05, 4.69) is 25.1 Å². The molecule has 4 heteroatoms. The lowest BCUT2D eigenvalue weighted by molar-refractivity contribution is 0.595. The minimum Gasteiger partial charge on any atom is -0.212 e. The summed E-state index contributed by atoms with van der Waals surface area (Å²) in [5, 5.41) is 0. The van der Waals surface area contributed by atoms with Crippen molar-refractivity contribution in [2.45, 2.75) is 32.1 Å². The molecule has 16 heavy (non-hydrogen) atoms. The summed E-state index contributed by atoms with van der Waals surface area (Å²) in [4.78, 5) is 0. The number of hydrogen-bond acceptors (Lipinski definition) is 2. The zero-order valence-corrected chi connectivity index (χ0v) is 10.8. The first-order valence-corrected chi connectivity index (χ1v) is 7.95. The highest BCUT2D eigenvalue weighted by Gasteiger charge is 2.23. The lowest BCUT2D eigenvalue weighted by Gasteiger charge is -2.10. The van der Waals surface area contributed by atoms with Gasteiger partial charge in [0.2, 0.25) is 9.05 Å². The summed E-state index contributed by atoms with van der Waals surface area (Å²) in [6.07, 6.45) is 2.75. The lowest BCUT2D eigenvalue weighted by atomic mass is 9.98. The van der Waals surface area contributed by atoms with Gasteiger partial charge in [-0.3, -0.25) is 0 Å². The van der Waals surface area contributed by atoms with Crippen molar-refractivity contribution < 1.29 is 8.42 Å². The second-order valence-corrected chi connectivity index (χ2v) is 7.37. The van der Waals surface area contributed by atoms with Crippen LogP contribution in [0.15, 0.2) is 18.2 Å². The number of rotatable bonds is 3. The molecule has 0 spiro atoms. The summed E-state index contributed by atoms with van der Waals surface area (Å²) >= 11 is 0. The second-order valence-electron chi connectivity index (χ2n) is 4.47. The van der Waals surface area contributed by atoms with Gasteiger partial charge in [-0.15, -0.1) is 0 Å². The SMILES string of the molecule is Cc1ccc2c(c1)CCC2CCS(=O)(=O)Cl. The Hall–Kier alpha value is -0.540. The molecule has 0 saturated carbocycles. The predicted octanol–water partition coefficient (Wildman–Crippen LogP) is 2.98. The van der Waals surface area contributed by atoms with Crippen LogP contribution in [0.2, 0.25) is 0 Å². The summed E-state index contributed by atoms with van der Waals surface area (Å²) in [6, 6.07) is 6.42. The molecule has 0 N–H and O–H groups in total. The van der Waals surface area contributed by atoms with Crippen LogP contribution in [0.3, 0.4) is 0 Å². The molecule has 0 fully saturated rings. The van der Waals surface area contributed by atoms with Crippen molar-refractivity contribution >= 4 is 19.7 Å². The Kier molecular flexibility index (Phi) is 3.27. The smallest absolute Gasteiger partial charge is 0.212 e. The first kappa shape index (κ1) is 11.9. The average molecular weight is 259 g/mol. The summed E-state index contributed by atoms with van der Waals surface area (Å²) in [7, 11) is 1.89. The van der Waals surface area contributed by atoms with Crippen LogP contribution < -0.4 is 0 Å². The standard InChI is InChI=1S/C12H15ClO2S/c1-9-2-5-12-10(3-4-11(12)8-9)6-7-16(13,14)15/h2,5,8,10H,3-4,6-7H2,1H3. The summed E-state index contributed by atoms with van der Waals surface area (Å²) < 4.78 is 21.8. The molecule has 0 aliphatic heterocycles.